The normalized spacial score (nSPS) is 11.5. The van der Waals surface area contributed by atoms with Crippen molar-refractivity contribution in [3.05, 3.63) is 29.6 Å². The Morgan fingerprint density at radius 3 is 2.44 bits per heavy atom. The third-order valence-electron chi connectivity index (χ3n) is 2.16. The number of anilines is 1. The van der Waals surface area contributed by atoms with E-state index in [4.69, 9.17) is 11.6 Å². The van der Waals surface area contributed by atoms with Gasteiger partial charge < -0.3 is 0 Å². The van der Waals surface area contributed by atoms with E-state index >= 15 is 0 Å². The van der Waals surface area contributed by atoms with Crippen molar-refractivity contribution in [1.82, 2.24) is 19.7 Å². The first-order chi connectivity index (χ1) is 8.38. The van der Waals surface area contributed by atoms with E-state index in [9.17, 15) is 8.42 Å². The molecule has 7 nitrogen and oxygen atoms in total. The van der Waals surface area contributed by atoms with E-state index in [-0.39, 0.29) is 10.2 Å². The topological polar surface area (TPSA) is 89.8 Å². The monoisotopic (exact) mass is 287 g/mol. The van der Waals surface area contributed by atoms with Crippen molar-refractivity contribution in [1.29, 1.82) is 0 Å². The molecule has 0 aromatic carbocycles. The lowest BCUT2D eigenvalue weighted by Gasteiger charge is -2.05. The van der Waals surface area contributed by atoms with Crippen LogP contribution in [0.5, 0.6) is 0 Å². The molecule has 0 atom stereocenters. The molecule has 0 saturated carbocycles. The van der Waals surface area contributed by atoms with Gasteiger partial charge in [-0.3, -0.25) is 9.40 Å². The molecule has 0 aliphatic heterocycles. The molecule has 0 bridgehead atoms. The molecule has 0 fully saturated rings. The van der Waals surface area contributed by atoms with Crippen molar-refractivity contribution in [2.24, 2.45) is 7.05 Å². The van der Waals surface area contributed by atoms with Gasteiger partial charge in [0, 0.05) is 13.2 Å². The molecule has 96 valence electrons. The molecule has 0 spiro atoms. The fraction of sp³-hybridized carbons (Fsp3) is 0.222. The van der Waals surface area contributed by atoms with Gasteiger partial charge in [0.1, 0.15) is 4.90 Å². The van der Waals surface area contributed by atoms with E-state index in [2.05, 4.69) is 19.8 Å². The molecule has 2 rings (SSSR count). The van der Waals surface area contributed by atoms with Gasteiger partial charge in [0.05, 0.1) is 23.8 Å². The molecule has 0 radical (unpaired) electrons. The second-order valence-electron chi connectivity index (χ2n) is 3.60. The summed E-state index contributed by atoms with van der Waals surface area (Å²) in [4.78, 5) is 7.20. The highest BCUT2D eigenvalue weighted by molar-refractivity contribution is 7.92. The van der Waals surface area contributed by atoms with Crippen molar-refractivity contribution in [2.75, 3.05) is 4.72 Å². The first kappa shape index (κ1) is 12.8. The number of aromatic nitrogens is 4. The second kappa shape index (κ2) is 4.54. The van der Waals surface area contributed by atoms with E-state index < -0.39 is 10.0 Å². The predicted octanol–water partition coefficient (Wildman–Crippen LogP) is 0.973. The molecule has 0 aliphatic rings. The largest absolute Gasteiger partial charge is 0.276 e. The van der Waals surface area contributed by atoms with Crippen LogP contribution >= 0.6 is 11.6 Å². The number of rotatable bonds is 3. The number of sulfonamides is 1. The summed E-state index contributed by atoms with van der Waals surface area (Å²) in [5.41, 5.74) is 0.989. The van der Waals surface area contributed by atoms with Crippen LogP contribution in [0.15, 0.2) is 23.5 Å². The van der Waals surface area contributed by atoms with E-state index in [1.165, 1.54) is 4.68 Å². The van der Waals surface area contributed by atoms with Gasteiger partial charge in [-0.2, -0.15) is 5.10 Å². The highest BCUT2D eigenvalue weighted by Crippen LogP contribution is 2.17. The summed E-state index contributed by atoms with van der Waals surface area (Å²) in [6, 6.07) is 0. The van der Waals surface area contributed by atoms with Gasteiger partial charge in [0.15, 0.2) is 0 Å². The van der Waals surface area contributed by atoms with Gasteiger partial charge in [-0.15, -0.1) is 0 Å². The summed E-state index contributed by atoms with van der Waals surface area (Å²) < 4.78 is 27.9. The van der Waals surface area contributed by atoms with Crippen LogP contribution in [0.1, 0.15) is 5.69 Å². The molecular formula is C9H10ClN5O2S. The van der Waals surface area contributed by atoms with Gasteiger partial charge in [-0.1, -0.05) is 0 Å². The lowest BCUT2D eigenvalue weighted by molar-refractivity contribution is 0.600. The molecule has 0 unspecified atom stereocenters. The summed E-state index contributed by atoms with van der Waals surface area (Å²) in [6.45, 7) is 1.70. The van der Waals surface area contributed by atoms with Crippen LogP contribution in [-0.4, -0.2) is 28.2 Å². The number of nitrogens with one attached hydrogen (secondary N) is 1. The molecule has 0 aliphatic carbocycles. The average molecular weight is 288 g/mol. The van der Waals surface area contributed by atoms with E-state index in [0.717, 1.165) is 12.4 Å². The molecule has 2 aromatic heterocycles. The highest BCUT2D eigenvalue weighted by Gasteiger charge is 2.17. The van der Waals surface area contributed by atoms with Gasteiger partial charge >= 0.3 is 0 Å². The quantitative estimate of drug-likeness (QED) is 0.850. The minimum Gasteiger partial charge on any atom is -0.276 e. The number of halogens is 1. The summed E-state index contributed by atoms with van der Waals surface area (Å²) in [5, 5.41) is 4.03. The Balaban J connectivity index is 2.33. The van der Waals surface area contributed by atoms with Crippen LogP contribution in [0.4, 0.5) is 5.69 Å². The molecule has 0 saturated heterocycles. The lowest BCUT2D eigenvalue weighted by atomic mass is 10.4. The molecule has 9 heteroatoms. The molecule has 18 heavy (non-hydrogen) atoms. The van der Waals surface area contributed by atoms with Crippen LogP contribution in [0.2, 0.25) is 5.28 Å². The van der Waals surface area contributed by atoms with Crippen molar-refractivity contribution >= 4 is 27.3 Å². The maximum absolute atomic E-state index is 12.0. The van der Waals surface area contributed by atoms with E-state index in [1.54, 1.807) is 20.2 Å². The SMILES string of the molecule is Cc1nn(C)cc1NS(=O)(=O)c1cnc(Cl)nc1. The van der Waals surface area contributed by atoms with Crippen molar-refractivity contribution in [3.63, 3.8) is 0 Å². The Kier molecular flexibility index (Phi) is 3.22. The number of aryl methyl sites for hydroxylation is 2. The average Bonchev–Trinajstić information content (AvgIpc) is 2.57. The molecule has 1 N–H and O–H groups in total. The minimum absolute atomic E-state index is 0.00786. The van der Waals surface area contributed by atoms with E-state index in [0.29, 0.717) is 11.4 Å². The van der Waals surface area contributed by atoms with Crippen molar-refractivity contribution < 1.29 is 8.42 Å². The van der Waals surface area contributed by atoms with Gasteiger partial charge in [-0.05, 0) is 18.5 Å². The molecule has 0 amide bonds. The summed E-state index contributed by atoms with van der Waals surface area (Å²) >= 11 is 5.50. The van der Waals surface area contributed by atoms with Crippen LogP contribution in [0.25, 0.3) is 0 Å². The van der Waals surface area contributed by atoms with E-state index in [1.807, 2.05) is 0 Å². The van der Waals surface area contributed by atoms with Gasteiger partial charge in [0.25, 0.3) is 10.0 Å². The number of hydrogen-bond acceptors (Lipinski definition) is 5. The maximum atomic E-state index is 12.0. The summed E-state index contributed by atoms with van der Waals surface area (Å²) in [6.07, 6.45) is 3.86. The zero-order valence-corrected chi connectivity index (χ0v) is 11.2. The summed E-state index contributed by atoms with van der Waals surface area (Å²) in [7, 11) is -2.02. The van der Waals surface area contributed by atoms with Crippen LogP contribution in [-0.2, 0) is 17.1 Å². The Bertz CT molecular complexity index is 665. The lowest BCUT2D eigenvalue weighted by Crippen LogP contribution is -2.13. The Morgan fingerprint density at radius 1 is 1.33 bits per heavy atom. The zero-order chi connectivity index (χ0) is 13.3. The Morgan fingerprint density at radius 2 is 1.94 bits per heavy atom. The molecular weight excluding hydrogens is 278 g/mol. The fourth-order valence-electron chi connectivity index (χ4n) is 1.34. The third kappa shape index (κ3) is 2.59. The highest BCUT2D eigenvalue weighted by atomic mass is 35.5. The second-order valence-corrected chi connectivity index (χ2v) is 5.62. The van der Waals surface area contributed by atoms with Crippen LogP contribution < -0.4 is 4.72 Å². The Hall–Kier alpha value is -1.67. The zero-order valence-electron chi connectivity index (χ0n) is 9.62. The molecule has 2 heterocycles. The van der Waals surface area contributed by atoms with Gasteiger partial charge in [0.2, 0.25) is 5.28 Å². The smallest absolute Gasteiger partial charge is 0.265 e. The standard InChI is InChI=1S/C9H10ClN5O2S/c1-6-8(5-15(2)13-6)14-18(16,17)7-3-11-9(10)12-4-7/h3-5,14H,1-2H3. The molecule has 2 aromatic rings. The van der Waals surface area contributed by atoms with Crippen LogP contribution in [0.3, 0.4) is 0 Å². The fourth-order valence-corrected chi connectivity index (χ4v) is 2.43. The predicted molar refractivity (Wildman–Crippen MR) is 65.8 cm³/mol. The van der Waals surface area contributed by atoms with Crippen molar-refractivity contribution in [3.8, 4) is 0 Å². The van der Waals surface area contributed by atoms with Gasteiger partial charge in [-0.25, -0.2) is 18.4 Å². The number of hydrogen-bond donors (Lipinski definition) is 1. The first-order valence-electron chi connectivity index (χ1n) is 4.89. The number of nitrogens with zero attached hydrogens (tertiary/aromatic N) is 4. The van der Waals surface area contributed by atoms with Crippen molar-refractivity contribution in [2.45, 2.75) is 11.8 Å². The van der Waals surface area contributed by atoms with Crippen LogP contribution in [0, 0.1) is 6.92 Å². The maximum Gasteiger partial charge on any atom is 0.265 e. The first-order valence-corrected chi connectivity index (χ1v) is 6.75. The summed E-state index contributed by atoms with van der Waals surface area (Å²) in [5.74, 6) is 0. The minimum atomic E-state index is -3.73. The third-order valence-corrected chi connectivity index (χ3v) is 3.68. The Labute approximate surface area is 109 Å².